The van der Waals surface area contributed by atoms with Gasteiger partial charge in [0, 0.05) is 19.2 Å². The van der Waals surface area contributed by atoms with Crippen LogP contribution in [0.3, 0.4) is 0 Å². The Morgan fingerprint density at radius 2 is 1.83 bits per heavy atom. The van der Waals surface area contributed by atoms with E-state index in [0.29, 0.717) is 17.5 Å². The van der Waals surface area contributed by atoms with E-state index in [9.17, 15) is 0 Å². The van der Waals surface area contributed by atoms with Crippen molar-refractivity contribution in [3.8, 4) is 11.5 Å². The zero-order valence-corrected chi connectivity index (χ0v) is 14.2. The van der Waals surface area contributed by atoms with Crippen LogP contribution in [0.5, 0.6) is 11.5 Å². The fourth-order valence-corrected chi connectivity index (χ4v) is 2.80. The maximum atomic E-state index is 5.41. The lowest BCUT2D eigenvalue weighted by molar-refractivity contribution is 0.395. The summed E-state index contributed by atoms with van der Waals surface area (Å²) in [4.78, 5) is 6.81. The molecule has 0 spiro atoms. The number of methoxy groups -OCH3 is 2. The molecule has 0 unspecified atom stereocenters. The van der Waals surface area contributed by atoms with Crippen LogP contribution in [-0.2, 0) is 0 Å². The first-order chi connectivity index (χ1) is 11.8. The van der Waals surface area contributed by atoms with E-state index in [-0.39, 0.29) is 0 Å². The minimum absolute atomic E-state index is 0.646. The molecule has 0 bridgehead atoms. The molecule has 0 saturated carbocycles. The molecule has 2 heterocycles. The van der Waals surface area contributed by atoms with Crippen molar-refractivity contribution >= 4 is 17.5 Å². The highest BCUT2D eigenvalue weighted by atomic mass is 16.5. The third-order valence-corrected chi connectivity index (χ3v) is 4.11. The van der Waals surface area contributed by atoms with Crippen LogP contribution in [0.4, 0.5) is 17.5 Å². The van der Waals surface area contributed by atoms with Gasteiger partial charge >= 0.3 is 0 Å². The highest BCUT2D eigenvalue weighted by Crippen LogP contribution is 2.31. The van der Waals surface area contributed by atoms with E-state index in [0.717, 1.165) is 24.5 Å². The van der Waals surface area contributed by atoms with Crippen molar-refractivity contribution in [1.29, 1.82) is 0 Å². The van der Waals surface area contributed by atoms with Gasteiger partial charge in [0.25, 0.3) is 0 Å². The molecule has 0 atom stereocenters. The van der Waals surface area contributed by atoms with E-state index in [2.05, 4.69) is 25.4 Å². The summed E-state index contributed by atoms with van der Waals surface area (Å²) in [7, 11) is 3.25. The maximum absolute atomic E-state index is 5.41. The van der Waals surface area contributed by atoms with Gasteiger partial charge in [-0.15, -0.1) is 5.10 Å². The zero-order chi connectivity index (χ0) is 16.8. The largest absolute Gasteiger partial charge is 0.497 e. The number of anilines is 3. The molecule has 2 aromatic rings. The Labute approximate surface area is 142 Å². The van der Waals surface area contributed by atoms with Crippen molar-refractivity contribution < 1.29 is 9.47 Å². The molecular formula is C17H23N5O2. The molecule has 3 rings (SSSR count). The van der Waals surface area contributed by atoms with Crippen LogP contribution >= 0.6 is 0 Å². The lowest BCUT2D eigenvalue weighted by Crippen LogP contribution is -2.26. The Morgan fingerprint density at radius 1 is 1.04 bits per heavy atom. The summed E-state index contributed by atoms with van der Waals surface area (Å²) >= 11 is 0. The van der Waals surface area contributed by atoms with Gasteiger partial charge in [0.1, 0.15) is 11.5 Å². The number of hydrogen-bond donors (Lipinski definition) is 1. The summed E-state index contributed by atoms with van der Waals surface area (Å²) in [6.45, 7) is 1.97. The van der Waals surface area contributed by atoms with Crippen molar-refractivity contribution in [1.82, 2.24) is 15.2 Å². The highest BCUT2D eigenvalue weighted by molar-refractivity contribution is 5.65. The molecule has 0 amide bonds. The summed E-state index contributed by atoms with van der Waals surface area (Å²) in [5, 5.41) is 11.5. The van der Waals surface area contributed by atoms with Gasteiger partial charge in [-0.25, -0.2) is 0 Å². The summed E-state index contributed by atoms with van der Waals surface area (Å²) in [6, 6.07) is 5.59. The van der Waals surface area contributed by atoms with Crippen molar-refractivity contribution in [2.75, 3.05) is 37.5 Å². The Hall–Kier alpha value is -2.57. The van der Waals surface area contributed by atoms with Gasteiger partial charge in [-0.3, -0.25) is 0 Å². The zero-order valence-electron chi connectivity index (χ0n) is 14.2. The van der Waals surface area contributed by atoms with Crippen LogP contribution in [-0.4, -0.2) is 42.5 Å². The molecule has 1 fully saturated rings. The molecule has 24 heavy (non-hydrogen) atoms. The smallest absolute Gasteiger partial charge is 0.247 e. The second-order valence-corrected chi connectivity index (χ2v) is 5.73. The Morgan fingerprint density at radius 3 is 2.54 bits per heavy atom. The van der Waals surface area contributed by atoms with Gasteiger partial charge < -0.3 is 19.7 Å². The minimum atomic E-state index is 0.646. The number of nitrogens with one attached hydrogen (secondary N) is 1. The average molecular weight is 329 g/mol. The van der Waals surface area contributed by atoms with E-state index >= 15 is 0 Å². The number of aromatic nitrogens is 3. The minimum Gasteiger partial charge on any atom is -0.497 e. The Bertz CT molecular complexity index is 672. The van der Waals surface area contributed by atoms with E-state index in [1.165, 1.54) is 25.7 Å². The lowest BCUT2D eigenvalue weighted by atomic mass is 10.2. The average Bonchev–Trinajstić information content (AvgIpc) is 2.92. The fraction of sp³-hybridized carbons (Fsp3) is 0.471. The molecule has 1 aromatic heterocycles. The molecule has 1 aliphatic rings. The quantitative estimate of drug-likeness (QED) is 0.904. The second-order valence-electron chi connectivity index (χ2n) is 5.73. The molecule has 1 aliphatic heterocycles. The Balaban J connectivity index is 1.79. The summed E-state index contributed by atoms with van der Waals surface area (Å²) < 4.78 is 10.6. The van der Waals surface area contributed by atoms with Crippen LogP contribution < -0.4 is 19.7 Å². The molecule has 0 radical (unpaired) electrons. The monoisotopic (exact) mass is 329 g/mol. The van der Waals surface area contributed by atoms with Crippen molar-refractivity contribution in [3.05, 3.63) is 24.4 Å². The van der Waals surface area contributed by atoms with Crippen molar-refractivity contribution in [2.24, 2.45) is 0 Å². The predicted octanol–water partition coefficient (Wildman–Crippen LogP) is 3.01. The Kier molecular flexibility index (Phi) is 5.30. The molecule has 0 aliphatic carbocycles. The predicted molar refractivity (Wildman–Crippen MR) is 93.3 cm³/mol. The highest BCUT2D eigenvalue weighted by Gasteiger charge is 2.14. The van der Waals surface area contributed by atoms with Gasteiger partial charge in [0.05, 0.1) is 26.1 Å². The van der Waals surface area contributed by atoms with Crippen molar-refractivity contribution in [3.63, 3.8) is 0 Å². The van der Waals surface area contributed by atoms with Gasteiger partial charge in [0.15, 0.2) is 5.82 Å². The standard InChI is InChI=1S/C17H23N5O2/c1-23-13-7-8-14(15(11-13)24-2)19-16-12-18-21-17(20-16)22-9-5-3-4-6-10-22/h7-8,11-12H,3-6,9-10H2,1-2H3,(H,19,20,21). The maximum Gasteiger partial charge on any atom is 0.247 e. The van der Waals surface area contributed by atoms with Gasteiger partial charge in [-0.1, -0.05) is 12.8 Å². The molecule has 7 heteroatoms. The van der Waals surface area contributed by atoms with E-state index in [4.69, 9.17) is 9.47 Å². The normalized spacial score (nSPS) is 14.8. The van der Waals surface area contributed by atoms with Crippen LogP contribution in [0.25, 0.3) is 0 Å². The number of nitrogens with zero attached hydrogens (tertiary/aromatic N) is 4. The molecule has 1 saturated heterocycles. The van der Waals surface area contributed by atoms with Crippen LogP contribution in [0.1, 0.15) is 25.7 Å². The number of benzene rings is 1. The van der Waals surface area contributed by atoms with Gasteiger partial charge in [0.2, 0.25) is 5.95 Å². The fourth-order valence-electron chi connectivity index (χ4n) is 2.80. The van der Waals surface area contributed by atoms with Crippen molar-refractivity contribution in [2.45, 2.75) is 25.7 Å². The summed E-state index contributed by atoms with van der Waals surface area (Å²) in [6.07, 6.45) is 6.50. The molecule has 128 valence electrons. The van der Waals surface area contributed by atoms with Gasteiger partial charge in [-0.05, 0) is 25.0 Å². The number of rotatable bonds is 5. The number of hydrogen-bond acceptors (Lipinski definition) is 7. The van der Waals surface area contributed by atoms with Crippen LogP contribution in [0, 0.1) is 0 Å². The SMILES string of the molecule is COc1ccc(Nc2cnnc(N3CCCCCC3)n2)c(OC)c1. The first-order valence-electron chi connectivity index (χ1n) is 8.24. The summed E-state index contributed by atoms with van der Waals surface area (Å²) in [5.41, 5.74) is 0.806. The lowest BCUT2D eigenvalue weighted by Gasteiger charge is -2.20. The summed E-state index contributed by atoms with van der Waals surface area (Å²) in [5.74, 6) is 2.75. The first-order valence-corrected chi connectivity index (χ1v) is 8.24. The number of ether oxygens (including phenoxy) is 2. The van der Waals surface area contributed by atoms with Crippen LogP contribution in [0.15, 0.2) is 24.4 Å². The molecule has 1 aromatic carbocycles. The first kappa shape index (κ1) is 16.3. The molecule has 1 N–H and O–H groups in total. The third-order valence-electron chi connectivity index (χ3n) is 4.11. The van der Waals surface area contributed by atoms with Crippen LogP contribution in [0.2, 0.25) is 0 Å². The van der Waals surface area contributed by atoms with E-state index in [1.807, 2.05) is 18.2 Å². The molecule has 7 nitrogen and oxygen atoms in total. The second kappa shape index (κ2) is 7.81. The van der Waals surface area contributed by atoms with E-state index in [1.54, 1.807) is 20.4 Å². The topological polar surface area (TPSA) is 72.4 Å². The van der Waals surface area contributed by atoms with E-state index < -0.39 is 0 Å². The molecular weight excluding hydrogens is 306 g/mol. The van der Waals surface area contributed by atoms with Gasteiger partial charge in [-0.2, -0.15) is 10.1 Å². The third kappa shape index (κ3) is 3.84.